The molecule has 0 aliphatic heterocycles. The van der Waals surface area contributed by atoms with Crippen molar-refractivity contribution >= 4 is 16.7 Å². The number of phenolic OH excluding ortho intramolecular Hbond substituents is 1. The van der Waals surface area contributed by atoms with Crippen LogP contribution in [-0.4, -0.2) is 17.6 Å². The highest BCUT2D eigenvalue weighted by molar-refractivity contribution is 6.03. The summed E-state index contributed by atoms with van der Waals surface area (Å²) in [6.45, 7) is 0.562. The van der Waals surface area contributed by atoms with Crippen LogP contribution in [0, 0.1) is 12.3 Å². The van der Waals surface area contributed by atoms with Crippen molar-refractivity contribution in [2.75, 3.05) is 6.54 Å². The van der Waals surface area contributed by atoms with Gasteiger partial charge in [-0.05, 0) is 24.3 Å². The predicted octanol–water partition coefficient (Wildman–Crippen LogP) is 3.08. The predicted molar refractivity (Wildman–Crippen MR) is 80.6 cm³/mol. The Labute approximate surface area is 118 Å². The van der Waals surface area contributed by atoms with Gasteiger partial charge in [0.2, 0.25) is 0 Å². The van der Waals surface area contributed by atoms with E-state index in [0.29, 0.717) is 17.5 Å². The van der Waals surface area contributed by atoms with Gasteiger partial charge in [0.1, 0.15) is 5.75 Å². The summed E-state index contributed by atoms with van der Waals surface area (Å²) < 4.78 is 0. The molecular formula is C17H17NO2. The second kappa shape index (κ2) is 6.63. The smallest absolute Gasteiger partial charge is 0.255 e. The topological polar surface area (TPSA) is 49.3 Å². The number of fused-ring (bicyclic) bond motifs is 1. The van der Waals surface area contributed by atoms with Crippen LogP contribution in [0.1, 0.15) is 29.6 Å². The molecule has 0 saturated carbocycles. The molecular weight excluding hydrogens is 250 g/mol. The number of carbonyl (C=O) groups is 1. The minimum absolute atomic E-state index is 0.0317. The molecule has 2 aromatic rings. The molecule has 0 saturated heterocycles. The van der Waals surface area contributed by atoms with Crippen molar-refractivity contribution in [1.29, 1.82) is 0 Å². The molecule has 0 heterocycles. The van der Waals surface area contributed by atoms with Gasteiger partial charge >= 0.3 is 0 Å². The summed E-state index contributed by atoms with van der Waals surface area (Å²) >= 11 is 0. The van der Waals surface area contributed by atoms with Crippen LogP contribution >= 0.6 is 0 Å². The fourth-order valence-electron chi connectivity index (χ4n) is 2.09. The van der Waals surface area contributed by atoms with E-state index in [4.69, 9.17) is 6.42 Å². The zero-order valence-corrected chi connectivity index (χ0v) is 11.2. The Hall–Kier alpha value is -2.47. The van der Waals surface area contributed by atoms with E-state index in [9.17, 15) is 9.90 Å². The fourth-order valence-corrected chi connectivity index (χ4v) is 2.09. The molecule has 0 atom stereocenters. The summed E-state index contributed by atoms with van der Waals surface area (Å²) in [5.74, 6) is 2.34. The Bertz CT molecular complexity index is 656. The minimum atomic E-state index is -0.256. The largest absolute Gasteiger partial charge is 0.506 e. The van der Waals surface area contributed by atoms with Crippen molar-refractivity contribution in [3.05, 3.63) is 42.0 Å². The molecule has 2 rings (SSSR count). The van der Waals surface area contributed by atoms with E-state index in [1.165, 1.54) is 0 Å². The molecule has 3 heteroatoms. The molecule has 0 bridgehead atoms. The highest BCUT2D eigenvalue weighted by atomic mass is 16.3. The molecule has 0 spiro atoms. The summed E-state index contributed by atoms with van der Waals surface area (Å²) in [5, 5.41) is 14.6. The van der Waals surface area contributed by atoms with Gasteiger partial charge in [0, 0.05) is 18.4 Å². The van der Waals surface area contributed by atoms with Gasteiger partial charge in [-0.25, -0.2) is 0 Å². The van der Waals surface area contributed by atoms with Crippen molar-refractivity contribution in [3.8, 4) is 18.1 Å². The number of amides is 1. The monoisotopic (exact) mass is 267 g/mol. The van der Waals surface area contributed by atoms with Crippen molar-refractivity contribution in [3.63, 3.8) is 0 Å². The van der Waals surface area contributed by atoms with E-state index in [1.807, 2.05) is 24.3 Å². The third kappa shape index (κ3) is 3.10. The van der Waals surface area contributed by atoms with Gasteiger partial charge in [-0.3, -0.25) is 4.79 Å². The number of aromatic hydroxyl groups is 1. The Morgan fingerprint density at radius 2 is 2.00 bits per heavy atom. The van der Waals surface area contributed by atoms with E-state index in [1.54, 1.807) is 12.1 Å². The van der Waals surface area contributed by atoms with Crippen LogP contribution in [-0.2, 0) is 0 Å². The molecule has 1 amide bonds. The maximum atomic E-state index is 12.0. The van der Waals surface area contributed by atoms with Crippen molar-refractivity contribution in [2.45, 2.75) is 19.3 Å². The maximum Gasteiger partial charge on any atom is 0.255 e. The van der Waals surface area contributed by atoms with Gasteiger partial charge < -0.3 is 10.4 Å². The van der Waals surface area contributed by atoms with Crippen LogP contribution in [0.15, 0.2) is 36.4 Å². The van der Waals surface area contributed by atoms with Crippen molar-refractivity contribution in [2.24, 2.45) is 0 Å². The van der Waals surface area contributed by atoms with E-state index in [-0.39, 0.29) is 11.7 Å². The number of phenols is 1. The summed E-state index contributed by atoms with van der Waals surface area (Å²) in [6, 6.07) is 10.9. The zero-order chi connectivity index (χ0) is 14.4. The number of benzene rings is 2. The maximum absolute atomic E-state index is 12.0. The van der Waals surface area contributed by atoms with Gasteiger partial charge in [0.25, 0.3) is 5.91 Å². The van der Waals surface area contributed by atoms with Crippen molar-refractivity contribution < 1.29 is 9.90 Å². The molecule has 0 fully saturated rings. The molecule has 102 valence electrons. The zero-order valence-electron chi connectivity index (χ0n) is 11.2. The van der Waals surface area contributed by atoms with E-state index >= 15 is 0 Å². The Morgan fingerprint density at radius 1 is 1.20 bits per heavy atom. The highest BCUT2D eigenvalue weighted by Crippen LogP contribution is 2.28. The summed E-state index contributed by atoms with van der Waals surface area (Å²) in [5.41, 5.74) is 0.306. The Kier molecular flexibility index (Phi) is 4.62. The number of nitrogens with one attached hydrogen (secondary N) is 1. The molecule has 2 N–H and O–H groups in total. The number of rotatable bonds is 5. The van der Waals surface area contributed by atoms with Crippen molar-refractivity contribution in [1.82, 2.24) is 5.32 Å². The number of unbranched alkanes of at least 4 members (excludes halogenated alkanes) is 2. The first-order valence-electron chi connectivity index (χ1n) is 6.66. The van der Waals surface area contributed by atoms with Crippen LogP contribution in [0.3, 0.4) is 0 Å². The van der Waals surface area contributed by atoms with Crippen LogP contribution in [0.4, 0.5) is 0 Å². The van der Waals surface area contributed by atoms with Crippen LogP contribution in [0.5, 0.6) is 5.75 Å². The summed E-state index contributed by atoms with van der Waals surface area (Å²) in [4.78, 5) is 12.0. The minimum Gasteiger partial charge on any atom is -0.506 e. The van der Waals surface area contributed by atoms with Crippen LogP contribution in [0.25, 0.3) is 10.8 Å². The van der Waals surface area contributed by atoms with E-state index in [0.717, 1.165) is 24.6 Å². The molecule has 0 unspecified atom stereocenters. The first-order valence-corrected chi connectivity index (χ1v) is 6.66. The Balaban J connectivity index is 2.07. The lowest BCUT2D eigenvalue weighted by atomic mass is 10.0. The SMILES string of the molecule is C#CCCCCNC(=O)c1ccc2ccccc2c1O. The van der Waals surface area contributed by atoms with Crippen LogP contribution < -0.4 is 5.32 Å². The first-order chi connectivity index (χ1) is 9.74. The normalized spacial score (nSPS) is 10.2. The fraction of sp³-hybridized carbons (Fsp3) is 0.235. The standard InChI is InChI=1S/C17H17NO2/c1-2-3-4-7-12-18-17(20)15-11-10-13-8-5-6-9-14(13)16(15)19/h1,5-6,8-11,19H,3-4,7,12H2,(H,18,20). The number of hydrogen-bond donors (Lipinski definition) is 2. The number of terminal acetylenes is 1. The lowest BCUT2D eigenvalue weighted by Crippen LogP contribution is -2.24. The van der Waals surface area contributed by atoms with E-state index in [2.05, 4.69) is 11.2 Å². The molecule has 0 radical (unpaired) electrons. The molecule has 0 aromatic heterocycles. The summed E-state index contributed by atoms with van der Waals surface area (Å²) in [6.07, 6.45) is 7.61. The number of carbonyl (C=O) groups excluding carboxylic acids is 1. The average molecular weight is 267 g/mol. The average Bonchev–Trinajstić information content (AvgIpc) is 2.47. The molecule has 3 nitrogen and oxygen atoms in total. The van der Waals surface area contributed by atoms with Gasteiger partial charge in [0.15, 0.2) is 0 Å². The third-order valence-electron chi connectivity index (χ3n) is 3.18. The quantitative estimate of drug-likeness (QED) is 0.646. The third-order valence-corrected chi connectivity index (χ3v) is 3.18. The molecule has 0 aliphatic rings. The van der Waals surface area contributed by atoms with Gasteiger partial charge in [0.05, 0.1) is 5.56 Å². The first kappa shape index (κ1) is 14.0. The second-order valence-corrected chi connectivity index (χ2v) is 4.60. The Morgan fingerprint density at radius 3 is 2.80 bits per heavy atom. The van der Waals surface area contributed by atoms with Gasteiger partial charge in [-0.2, -0.15) is 0 Å². The lowest BCUT2D eigenvalue weighted by molar-refractivity contribution is 0.0950. The number of hydrogen-bond acceptors (Lipinski definition) is 2. The second-order valence-electron chi connectivity index (χ2n) is 4.60. The lowest BCUT2D eigenvalue weighted by Gasteiger charge is -2.08. The molecule has 2 aromatic carbocycles. The summed E-state index contributed by atoms with van der Waals surface area (Å²) in [7, 11) is 0. The van der Waals surface area contributed by atoms with Crippen LogP contribution in [0.2, 0.25) is 0 Å². The molecule has 0 aliphatic carbocycles. The highest BCUT2D eigenvalue weighted by Gasteiger charge is 2.12. The van der Waals surface area contributed by atoms with Gasteiger partial charge in [-0.1, -0.05) is 30.3 Å². The van der Waals surface area contributed by atoms with Gasteiger partial charge in [-0.15, -0.1) is 12.3 Å². The molecule has 20 heavy (non-hydrogen) atoms. The van der Waals surface area contributed by atoms with E-state index < -0.39 is 0 Å².